The summed E-state index contributed by atoms with van der Waals surface area (Å²) in [5, 5.41) is 2.30. The zero-order valence-electron chi connectivity index (χ0n) is 13.2. The van der Waals surface area contributed by atoms with E-state index in [-0.39, 0.29) is 5.69 Å². The number of amides is 1. The third kappa shape index (κ3) is 5.60. The highest BCUT2D eigenvalue weighted by molar-refractivity contribution is 7.89. The van der Waals surface area contributed by atoms with Crippen LogP contribution in [0.5, 0.6) is 0 Å². The molecule has 1 amide bonds. The average molecular weight is 384 g/mol. The number of hydrogen-bond acceptors (Lipinski definition) is 5. The van der Waals surface area contributed by atoms with Gasteiger partial charge in [-0.15, -0.1) is 0 Å². The minimum absolute atomic E-state index is 0.173. The predicted molar refractivity (Wildman–Crippen MR) is 87.6 cm³/mol. The van der Waals surface area contributed by atoms with Crippen LogP contribution < -0.4 is 10.0 Å². The Kier molecular flexibility index (Phi) is 6.36. The molecule has 26 heavy (non-hydrogen) atoms. The molecule has 0 fully saturated rings. The summed E-state index contributed by atoms with van der Waals surface area (Å²) in [5.74, 6) is -3.30. The van der Waals surface area contributed by atoms with Crippen LogP contribution >= 0.6 is 0 Å². The third-order valence-corrected chi connectivity index (χ3v) is 4.44. The zero-order valence-corrected chi connectivity index (χ0v) is 14.1. The molecule has 0 unspecified atom stereocenters. The van der Waals surface area contributed by atoms with Crippen molar-refractivity contribution in [2.24, 2.45) is 0 Å². The minimum Gasteiger partial charge on any atom is -0.455 e. The molecule has 0 aromatic heterocycles. The number of benzene rings is 2. The maximum Gasteiger partial charge on any atom is 0.321 e. The molecule has 2 N–H and O–H groups in total. The van der Waals surface area contributed by atoms with E-state index < -0.39 is 51.6 Å². The second-order valence-electron chi connectivity index (χ2n) is 4.97. The highest BCUT2D eigenvalue weighted by Crippen LogP contribution is 2.12. The summed E-state index contributed by atoms with van der Waals surface area (Å²) < 4.78 is 56.7. The third-order valence-electron chi connectivity index (χ3n) is 3.01. The van der Waals surface area contributed by atoms with E-state index in [2.05, 4.69) is 10.1 Å². The summed E-state index contributed by atoms with van der Waals surface area (Å²) in [6.07, 6.45) is 0. The molecule has 0 saturated carbocycles. The van der Waals surface area contributed by atoms with Crippen molar-refractivity contribution in [1.29, 1.82) is 0 Å². The quantitative estimate of drug-likeness (QED) is 0.703. The van der Waals surface area contributed by atoms with E-state index >= 15 is 0 Å². The Morgan fingerprint density at radius 3 is 2.46 bits per heavy atom. The number of halogens is 2. The van der Waals surface area contributed by atoms with Crippen molar-refractivity contribution in [3.63, 3.8) is 0 Å². The van der Waals surface area contributed by atoms with Crippen LogP contribution in [0.2, 0.25) is 0 Å². The first-order valence-corrected chi connectivity index (χ1v) is 8.71. The van der Waals surface area contributed by atoms with Gasteiger partial charge in [0.15, 0.2) is 6.61 Å². The highest BCUT2D eigenvalue weighted by Gasteiger charge is 2.20. The van der Waals surface area contributed by atoms with Gasteiger partial charge >= 0.3 is 5.97 Å². The van der Waals surface area contributed by atoms with Crippen LogP contribution in [0, 0.1) is 11.6 Å². The fraction of sp³-hybridized carbons (Fsp3) is 0.125. The fourth-order valence-electron chi connectivity index (χ4n) is 1.85. The fourth-order valence-corrected chi connectivity index (χ4v) is 2.90. The van der Waals surface area contributed by atoms with Crippen molar-refractivity contribution >= 4 is 27.6 Å². The molecule has 2 aromatic carbocycles. The second kappa shape index (κ2) is 8.50. The van der Waals surface area contributed by atoms with Crippen molar-refractivity contribution in [3.8, 4) is 0 Å². The monoisotopic (exact) mass is 384 g/mol. The van der Waals surface area contributed by atoms with E-state index in [9.17, 15) is 26.8 Å². The summed E-state index contributed by atoms with van der Waals surface area (Å²) in [5.41, 5.74) is 0.173. The van der Waals surface area contributed by atoms with Crippen molar-refractivity contribution in [3.05, 3.63) is 60.2 Å². The van der Waals surface area contributed by atoms with Crippen molar-refractivity contribution in [1.82, 2.24) is 4.72 Å². The summed E-state index contributed by atoms with van der Waals surface area (Å²) in [6, 6.07) is 9.73. The molecule has 0 heterocycles. The van der Waals surface area contributed by atoms with Crippen LogP contribution in [0.4, 0.5) is 14.5 Å². The number of sulfonamides is 1. The maximum absolute atomic E-state index is 13.5. The highest BCUT2D eigenvalue weighted by atomic mass is 32.2. The summed E-state index contributed by atoms with van der Waals surface area (Å²) in [4.78, 5) is 22.5. The van der Waals surface area contributed by atoms with Gasteiger partial charge in [-0.2, -0.15) is 4.72 Å². The number of carbonyl (C=O) groups is 2. The van der Waals surface area contributed by atoms with Gasteiger partial charge in [-0.3, -0.25) is 9.59 Å². The SMILES string of the molecule is O=C(COC(=O)CNS(=O)(=O)c1ccccc1F)Nc1cccc(F)c1. The van der Waals surface area contributed by atoms with Crippen LogP contribution in [0.3, 0.4) is 0 Å². The van der Waals surface area contributed by atoms with Gasteiger partial charge in [0.1, 0.15) is 23.1 Å². The van der Waals surface area contributed by atoms with E-state index in [1.165, 1.54) is 30.3 Å². The first-order chi connectivity index (χ1) is 12.3. The first kappa shape index (κ1) is 19.5. The molecular weight excluding hydrogens is 370 g/mol. The van der Waals surface area contributed by atoms with Crippen LogP contribution in [0.1, 0.15) is 0 Å². The molecule has 0 atom stereocenters. The summed E-state index contributed by atoms with van der Waals surface area (Å²) in [7, 11) is -4.25. The van der Waals surface area contributed by atoms with Crippen LogP contribution in [0.15, 0.2) is 53.4 Å². The lowest BCUT2D eigenvalue weighted by atomic mass is 10.3. The Morgan fingerprint density at radius 2 is 1.77 bits per heavy atom. The molecule has 2 rings (SSSR count). The van der Waals surface area contributed by atoms with Crippen molar-refractivity contribution < 1.29 is 31.5 Å². The molecule has 0 spiro atoms. The van der Waals surface area contributed by atoms with E-state index in [1.807, 2.05) is 4.72 Å². The van der Waals surface area contributed by atoms with Crippen LogP contribution in [-0.2, 0) is 24.3 Å². The van der Waals surface area contributed by atoms with Gasteiger partial charge in [-0.05, 0) is 30.3 Å². The molecule has 0 saturated heterocycles. The molecule has 0 radical (unpaired) electrons. The molecule has 0 aliphatic heterocycles. The molecule has 0 aliphatic carbocycles. The second-order valence-corrected chi connectivity index (χ2v) is 6.71. The molecule has 0 bridgehead atoms. The average Bonchev–Trinajstić information content (AvgIpc) is 2.58. The van der Waals surface area contributed by atoms with Gasteiger partial charge in [0.05, 0.1) is 0 Å². The van der Waals surface area contributed by atoms with Gasteiger partial charge in [-0.25, -0.2) is 17.2 Å². The number of ether oxygens (including phenoxy) is 1. The van der Waals surface area contributed by atoms with Gasteiger partial charge in [0, 0.05) is 5.69 Å². The number of anilines is 1. The topological polar surface area (TPSA) is 102 Å². The van der Waals surface area contributed by atoms with Gasteiger partial charge < -0.3 is 10.1 Å². The van der Waals surface area contributed by atoms with Crippen molar-refractivity contribution in [2.45, 2.75) is 4.90 Å². The molecule has 7 nitrogen and oxygen atoms in total. The van der Waals surface area contributed by atoms with E-state index in [0.29, 0.717) is 0 Å². The zero-order chi connectivity index (χ0) is 19.2. The lowest BCUT2D eigenvalue weighted by molar-refractivity contribution is -0.146. The van der Waals surface area contributed by atoms with Crippen LogP contribution in [0.25, 0.3) is 0 Å². The molecule has 10 heteroatoms. The Morgan fingerprint density at radius 1 is 1.04 bits per heavy atom. The normalized spacial score (nSPS) is 11.0. The van der Waals surface area contributed by atoms with Crippen molar-refractivity contribution in [2.75, 3.05) is 18.5 Å². The molecular formula is C16H14F2N2O5S. The largest absolute Gasteiger partial charge is 0.455 e. The van der Waals surface area contributed by atoms with E-state index in [1.54, 1.807) is 0 Å². The predicted octanol–water partition coefficient (Wildman–Crippen LogP) is 1.42. The Balaban J connectivity index is 1.82. The lowest BCUT2D eigenvalue weighted by Crippen LogP contribution is -2.32. The molecule has 2 aromatic rings. The van der Waals surface area contributed by atoms with Gasteiger partial charge in [0.2, 0.25) is 10.0 Å². The summed E-state index contributed by atoms with van der Waals surface area (Å²) in [6.45, 7) is -1.49. The number of nitrogens with one attached hydrogen (secondary N) is 2. The molecule has 0 aliphatic rings. The van der Waals surface area contributed by atoms with Crippen LogP contribution in [-0.4, -0.2) is 33.4 Å². The standard InChI is InChI=1S/C16H14F2N2O5S/c17-11-4-3-5-12(8-11)20-15(21)10-25-16(22)9-19-26(23,24)14-7-2-1-6-13(14)18/h1-8,19H,9-10H2,(H,20,21). The van der Waals surface area contributed by atoms with Gasteiger partial charge in [0.25, 0.3) is 5.91 Å². The summed E-state index contributed by atoms with van der Waals surface area (Å²) >= 11 is 0. The number of hydrogen-bond donors (Lipinski definition) is 2. The van der Waals surface area contributed by atoms with Gasteiger partial charge in [-0.1, -0.05) is 18.2 Å². The Bertz CT molecular complexity index is 918. The first-order valence-electron chi connectivity index (χ1n) is 7.23. The Hall–Kier alpha value is -2.85. The smallest absolute Gasteiger partial charge is 0.321 e. The Labute approximate surface area is 148 Å². The number of carbonyl (C=O) groups excluding carboxylic acids is 2. The molecule has 138 valence electrons. The van der Waals surface area contributed by atoms with E-state index in [4.69, 9.17) is 0 Å². The number of rotatable bonds is 7. The maximum atomic E-state index is 13.5. The van der Waals surface area contributed by atoms with E-state index in [0.717, 1.165) is 18.2 Å². The minimum atomic E-state index is -4.25. The number of esters is 1. The lowest BCUT2D eigenvalue weighted by Gasteiger charge is -2.08.